The molecule has 6 nitrogen and oxygen atoms in total. The van der Waals surface area contributed by atoms with Crippen molar-refractivity contribution in [2.75, 3.05) is 18.4 Å². The van der Waals surface area contributed by atoms with Crippen molar-refractivity contribution in [2.24, 2.45) is 0 Å². The fourth-order valence-electron chi connectivity index (χ4n) is 2.06. The first kappa shape index (κ1) is 14.3. The van der Waals surface area contributed by atoms with Crippen LogP contribution in [0.3, 0.4) is 0 Å². The number of aromatic nitrogens is 2. The molecule has 2 atom stereocenters. The predicted molar refractivity (Wildman–Crippen MR) is 75.0 cm³/mol. The first-order valence-corrected chi connectivity index (χ1v) is 6.17. The Morgan fingerprint density at radius 3 is 3.00 bits per heavy atom. The number of β-amino-alcohol motifs (C(OH)–C–C–N with tert-alkyl or cyclic N) is 1. The van der Waals surface area contributed by atoms with Crippen molar-refractivity contribution in [3.05, 3.63) is 17.3 Å². The minimum absolute atomic E-state index is 0. The summed E-state index contributed by atoms with van der Waals surface area (Å²) >= 11 is 5.78. The molecule has 0 amide bonds. The van der Waals surface area contributed by atoms with Crippen molar-refractivity contribution >= 4 is 41.3 Å². The molecule has 1 fully saturated rings. The largest absolute Gasteiger partial charge is 0.422 e. The minimum atomic E-state index is -0.340. The summed E-state index contributed by atoms with van der Waals surface area (Å²) < 4.78 is 5.51. The van der Waals surface area contributed by atoms with Gasteiger partial charge in [0.15, 0.2) is 5.58 Å². The molecule has 19 heavy (non-hydrogen) atoms. The number of hydrogen-bond donors (Lipinski definition) is 3. The van der Waals surface area contributed by atoms with Gasteiger partial charge in [-0.1, -0.05) is 11.6 Å². The Balaban J connectivity index is 0.00000133. The second kappa shape index (κ2) is 5.92. The van der Waals surface area contributed by atoms with Gasteiger partial charge in [-0.05, 0) is 18.6 Å². The van der Waals surface area contributed by atoms with Crippen molar-refractivity contribution in [2.45, 2.75) is 18.6 Å². The van der Waals surface area contributed by atoms with Crippen molar-refractivity contribution < 1.29 is 9.52 Å². The molecule has 0 spiro atoms. The highest BCUT2D eigenvalue weighted by Gasteiger charge is 2.21. The van der Waals surface area contributed by atoms with E-state index in [4.69, 9.17) is 16.0 Å². The van der Waals surface area contributed by atoms with Crippen LogP contribution in [0.15, 0.2) is 16.5 Å². The van der Waals surface area contributed by atoms with E-state index in [9.17, 15) is 5.11 Å². The van der Waals surface area contributed by atoms with Gasteiger partial charge in [-0.3, -0.25) is 0 Å². The van der Waals surface area contributed by atoms with E-state index in [1.54, 1.807) is 12.1 Å². The zero-order valence-corrected chi connectivity index (χ0v) is 11.5. The molecule has 0 radical (unpaired) electrons. The summed E-state index contributed by atoms with van der Waals surface area (Å²) in [4.78, 5) is 8.27. The van der Waals surface area contributed by atoms with E-state index in [-0.39, 0.29) is 24.6 Å². The zero-order valence-electron chi connectivity index (χ0n) is 9.97. The van der Waals surface area contributed by atoms with Crippen LogP contribution >= 0.6 is 24.0 Å². The third-order valence-electron chi connectivity index (χ3n) is 2.87. The molecule has 2 aromatic heterocycles. The standard InChI is InChI=1S/C11H13ClN4O2.ClH/c12-9-2-1-8-10(15-9)16-11(18-8)14-6-3-7(17)5-13-4-6;/h1-2,6-7,13,17H,3-5H2,(H,14,15,16);1H. The second-order valence-electron chi connectivity index (χ2n) is 4.36. The predicted octanol–water partition coefficient (Wildman–Crippen LogP) is 1.43. The molecule has 3 N–H and O–H groups in total. The van der Waals surface area contributed by atoms with Crippen molar-refractivity contribution in [3.63, 3.8) is 0 Å². The third-order valence-corrected chi connectivity index (χ3v) is 3.08. The lowest BCUT2D eigenvalue weighted by atomic mass is 10.1. The number of aliphatic hydroxyl groups is 1. The number of pyridine rings is 1. The normalized spacial score (nSPS) is 23.1. The fraction of sp³-hybridized carbons (Fsp3) is 0.455. The Morgan fingerprint density at radius 2 is 2.21 bits per heavy atom. The average Bonchev–Trinajstić information content (AvgIpc) is 2.70. The molecule has 1 aliphatic rings. The highest BCUT2D eigenvalue weighted by Crippen LogP contribution is 2.20. The molecule has 2 unspecified atom stereocenters. The van der Waals surface area contributed by atoms with E-state index in [0.29, 0.717) is 35.4 Å². The number of anilines is 1. The molecule has 0 saturated carbocycles. The quantitative estimate of drug-likeness (QED) is 0.728. The lowest BCUT2D eigenvalue weighted by molar-refractivity contribution is 0.136. The lowest BCUT2D eigenvalue weighted by Crippen LogP contribution is -2.45. The summed E-state index contributed by atoms with van der Waals surface area (Å²) in [5, 5.41) is 16.2. The van der Waals surface area contributed by atoms with Gasteiger partial charge in [0.05, 0.1) is 6.10 Å². The van der Waals surface area contributed by atoms with E-state index < -0.39 is 0 Å². The molecule has 104 valence electrons. The van der Waals surface area contributed by atoms with Gasteiger partial charge < -0.3 is 20.2 Å². The summed E-state index contributed by atoms with van der Waals surface area (Å²) in [5.74, 6) is 0. The number of aliphatic hydroxyl groups excluding tert-OH is 1. The molecule has 0 bridgehead atoms. The molecular weight excluding hydrogens is 291 g/mol. The molecular formula is C11H14Cl2N4O2. The molecule has 8 heteroatoms. The van der Waals surface area contributed by atoms with E-state index in [2.05, 4.69) is 20.6 Å². The summed E-state index contributed by atoms with van der Waals surface area (Å²) in [6, 6.07) is 3.89. The second-order valence-corrected chi connectivity index (χ2v) is 4.75. The van der Waals surface area contributed by atoms with Crippen molar-refractivity contribution in [1.82, 2.24) is 15.3 Å². The van der Waals surface area contributed by atoms with Crippen LogP contribution < -0.4 is 10.6 Å². The minimum Gasteiger partial charge on any atom is -0.422 e. The van der Waals surface area contributed by atoms with Crippen LogP contribution in [-0.2, 0) is 0 Å². The lowest BCUT2D eigenvalue weighted by Gasteiger charge is -2.26. The van der Waals surface area contributed by atoms with Gasteiger partial charge in [0, 0.05) is 19.1 Å². The number of halogens is 2. The number of rotatable bonds is 2. The average molecular weight is 305 g/mol. The van der Waals surface area contributed by atoms with Crippen molar-refractivity contribution in [3.8, 4) is 0 Å². The van der Waals surface area contributed by atoms with E-state index in [1.165, 1.54) is 0 Å². The highest BCUT2D eigenvalue weighted by molar-refractivity contribution is 6.29. The van der Waals surface area contributed by atoms with Gasteiger partial charge in [-0.15, -0.1) is 12.4 Å². The Hall–Kier alpha value is -1.08. The maximum atomic E-state index is 9.55. The van der Waals surface area contributed by atoms with Gasteiger partial charge in [0.2, 0.25) is 5.65 Å². The van der Waals surface area contributed by atoms with E-state index >= 15 is 0 Å². The number of piperidine rings is 1. The molecule has 2 aromatic rings. The Morgan fingerprint density at radius 1 is 1.37 bits per heavy atom. The van der Waals surface area contributed by atoms with Gasteiger partial charge in [0.1, 0.15) is 5.15 Å². The van der Waals surface area contributed by atoms with Gasteiger partial charge in [-0.25, -0.2) is 4.98 Å². The van der Waals surface area contributed by atoms with Crippen LogP contribution in [0.25, 0.3) is 11.2 Å². The molecule has 0 aliphatic carbocycles. The molecule has 0 aromatic carbocycles. The van der Waals surface area contributed by atoms with Crippen LogP contribution in [0.4, 0.5) is 6.01 Å². The van der Waals surface area contributed by atoms with Gasteiger partial charge in [-0.2, -0.15) is 4.98 Å². The van der Waals surface area contributed by atoms with E-state index in [1.807, 2.05) is 0 Å². The van der Waals surface area contributed by atoms with E-state index in [0.717, 1.165) is 6.54 Å². The first-order chi connectivity index (χ1) is 8.70. The maximum Gasteiger partial charge on any atom is 0.297 e. The molecule has 3 heterocycles. The number of hydrogen-bond acceptors (Lipinski definition) is 6. The SMILES string of the molecule is Cl.OC1CNCC(Nc2nc3nc(Cl)ccc3o2)C1. The Kier molecular flexibility index (Phi) is 4.46. The Labute approximate surface area is 121 Å². The van der Waals surface area contributed by atoms with Crippen LogP contribution in [0.1, 0.15) is 6.42 Å². The zero-order chi connectivity index (χ0) is 12.5. The van der Waals surface area contributed by atoms with Crippen LogP contribution in [0.5, 0.6) is 0 Å². The highest BCUT2D eigenvalue weighted by atomic mass is 35.5. The summed E-state index contributed by atoms with van der Waals surface area (Å²) in [7, 11) is 0. The number of fused-ring (bicyclic) bond motifs is 1. The number of nitrogens with one attached hydrogen (secondary N) is 2. The summed E-state index contributed by atoms with van der Waals surface area (Å²) in [6.45, 7) is 1.40. The Bertz CT molecular complexity index is 563. The maximum absolute atomic E-state index is 9.55. The smallest absolute Gasteiger partial charge is 0.297 e. The summed E-state index contributed by atoms with van der Waals surface area (Å²) in [6.07, 6.45) is 0.327. The third kappa shape index (κ3) is 3.27. The first-order valence-electron chi connectivity index (χ1n) is 5.79. The monoisotopic (exact) mass is 304 g/mol. The van der Waals surface area contributed by atoms with Crippen molar-refractivity contribution in [1.29, 1.82) is 0 Å². The summed E-state index contributed by atoms with van der Waals surface area (Å²) in [5.41, 5.74) is 1.07. The van der Waals surface area contributed by atoms with Gasteiger partial charge >= 0.3 is 0 Å². The number of nitrogens with zero attached hydrogens (tertiary/aromatic N) is 2. The fourth-order valence-corrected chi connectivity index (χ4v) is 2.20. The molecule has 3 rings (SSSR count). The van der Waals surface area contributed by atoms with Crippen LogP contribution in [0.2, 0.25) is 5.15 Å². The molecule has 1 saturated heterocycles. The van der Waals surface area contributed by atoms with Crippen LogP contribution in [-0.4, -0.2) is 40.3 Å². The number of oxazole rings is 1. The van der Waals surface area contributed by atoms with Crippen LogP contribution in [0, 0.1) is 0 Å². The van der Waals surface area contributed by atoms with Gasteiger partial charge in [0.25, 0.3) is 6.01 Å². The topological polar surface area (TPSA) is 83.2 Å². The molecule has 1 aliphatic heterocycles.